The van der Waals surface area contributed by atoms with Crippen LogP contribution in [0.15, 0.2) is 10.7 Å². The Kier molecular flexibility index (Phi) is 4.77. The van der Waals surface area contributed by atoms with Crippen LogP contribution in [0.1, 0.15) is 13.3 Å². The quantitative estimate of drug-likeness (QED) is 0.555. The van der Waals surface area contributed by atoms with Gasteiger partial charge < -0.3 is 4.74 Å². The third-order valence-electron chi connectivity index (χ3n) is 1.18. The van der Waals surface area contributed by atoms with E-state index in [9.17, 15) is 4.79 Å². The summed E-state index contributed by atoms with van der Waals surface area (Å²) in [5, 5.41) is 0. The van der Waals surface area contributed by atoms with Crippen LogP contribution in [0.2, 0.25) is 0 Å². The van der Waals surface area contributed by atoms with Gasteiger partial charge in [-0.05, 0) is 18.5 Å². The standard InChI is InChI=1S/C7H10N2O2S2/c1-2-11-6(10)3-4-12-7-8-5-9-13-7/h5H,2-4H2,1H3. The van der Waals surface area contributed by atoms with Crippen molar-refractivity contribution in [3.63, 3.8) is 0 Å². The maximum absolute atomic E-state index is 10.9. The minimum atomic E-state index is -0.153. The molecule has 0 saturated heterocycles. The van der Waals surface area contributed by atoms with Crippen molar-refractivity contribution >= 4 is 29.3 Å². The van der Waals surface area contributed by atoms with Crippen molar-refractivity contribution in [1.82, 2.24) is 9.36 Å². The molecule has 0 aromatic carbocycles. The van der Waals surface area contributed by atoms with Gasteiger partial charge in [-0.3, -0.25) is 4.79 Å². The Balaban J connectivity index is 2.11. The summed E-state index contributed by atoms with van der Waals surface area (Å²) in [6, 6.07) is 0. The summed E-state index contributed by atoms with van der Waals surface area (Å²) < 4.78 is 9.52. The molecule has 1 aromatic rings. The van der Waals surface area contributed by atoms with E-state index in [0.717, 1.165) is 4.34 Å². The Morgan fingerprint density at radius 3 is 3.23 bits per heavy atom. The Bertz CT molecular complexity index is 251. The van der Waals surface area contributed by atoms with Crippen molar-refractivity contribution in [3.05, 3.63) is 6.33 Å². The zero-order valence-corrected chi connectivity index (χ0v) is 8.86. The summed E-state index contributed by atoms with van der Waals surface area (Å²) in [6.45, 7) is 2.25. The second-order valence-corrected chi connectivity index (χ2v) is 4.23. The summed E-state index contributed by atoms with van der Waals surface area (Å²) in [4.78, 5) is 14.9. The summed E-state index contributed by atoms with van der Waals surface area (Å²) in [5.41, 5.74) is 0. The third-order valence-corrected chi connectivity index (χ3v) is 2.98. The van der Waals surface area contributed by atoms with Gasteiger partial charge in [0.25, 0.3) is 0 Å². The van der Waals surface area contributed by atoms with E-state index in [0.29, 0.717) is 18.8 Å². The monoisotopic (exact) mass is 218 g/mol. The van der Waals surface area contributed by atoms with Gasteiger partial charge in [-0.2, -0.15) is 4.37 Å². The first kappa shape index (κ1) is 10.5. The first-order chi connectivity index (χ1) is 6.33. The van der Waals surface area contributed by atoms with Crippen LogP contribution < -0.4 is 0 Å². The van der Waals surface area contributed by atoms with E-state index in [2.05, 4.69) is 9.36 Å². The van der Waals surface area contributed by atoms with Crippen molar-refractivity contribution < 1.29 is 9.53 Å². The van der Waals surface area contributed by atoms with E-state index < -0.39 is 0 Å². The average molecular weight is 218 g/mol. The van der Waals surface area contributed by atoms with Gasteiger partial charge >= 0.3 is 5.97 Å². The van der Waals surface area contributed by atoms with E-state index >= 15 is 0 Å². The largest absolute Gasteiger partial charge is 0.466 e. The van der Waals surface area contributed by atoms with Crippen molar-refractivity contribution in [1.29, 1.82) is 0 Å². The van der Waals surface area contributed by atoms with Crippen molar-refractivity contribution in [2.45, 2.75) is 17.7 Å². The highest BCUT2D eigenvalue weighted by Gasteiger charge is 2.03. The van der Waals surface area contributed by atoms with Gasteiger partial charge in [0, 0.05) is 5.75 Å². The summed E-state index contributed by atoms with van der Waals surface area (Å²) in [7, 11) is 0. The molecule has 1 rings (SSSR count). The average Bonchev–Trinajstić information content (AvgIpc) is 2.57. The molecule has 0 amide bonds. The Morgan fingerprint density at radius 2 is 2.62 bits per heavy atom. The molecule has 0 atom stereocenters. The second kappa shape index (κ2) is 5.93. The fourth-order valence-corrected chi connectivity index (χ4v) is 2.12. The van der Waals surface area contributed by atoms with Gasteiger partial charge in [0.15, 0.2) is 4.34 Å². The smallest absolute Gasteiger partial charge is 0.306 e. The summed E-state index contributed by atoms with van der Waals surface area (Å²) in [5.74, 6) is 0.549. The number of hydrogen-bond acceptors (Lipinski definition) is 6. The molecule has 0 aliphatic rings. The second-order valence-electron chi connectivity index (χ2n) is 2.11. The number of aromatic nitrogens is 2. The molecule has 0 aliphatic heterocycles. The molecule has 4 nitrogen and oxygen atoms in total. The molecule has 0 saturated carbocycles. The SMILES string of the molecule is CCOC(=O)CCSc1ncns1. The van der Waals surface area contributed by atoms with E-state index in [1.165, 1.54) is 29.6 Å². The fourth-order valence-electron chi connectivity index (χ4n) is 0.681. The molecule has 72 valence electrons. The van der Waals surface area contributed by atoms with E-state index in [4.69, 9.17) is 4.74 Å². The lowest BCUT2D eigenvalue weighted by Gasteiger charge is -1.99. The van der Waals surface area contributed by atoms with Gasteiger partial charge in [0.2, 0.25) is 0 Å². The minimum Gasteiger partial charge on any atom is -0.466 e. The molecule has 0 radical (unpaired) electrons. The number of carbonyl (C=O) groups is 1. The van der Waals surface area contributed by atoms with Crippen molar-refractivity contribution in [3.8, 4) is 0 Å². The number of esters is 1. The van der Waals surface area contributed by atoms with Crippen molar-refractivity contribution in [2.75, 3.05) is 12.4 Å². The molecule has 1 aromatic heterocycles. The maximum atomic E-state index is 10.9. The van der Waals surface area contributed by atoms with Crippen LogP contribution in [-0.4, -0.2) is 27.7 Å². The number of rotatable bonds is 5. The fraction of sp³-hybridized carbons (Fsp3) is 0.571. The summed E-state index contributed by atoms with van der Waals surface area (Å²) >= 11 is 2.86. The van der Waals surface area contributed by atoms with Crippen LogP contribution in [0.4, 0.5) is 0 Å². The highest BCUT2D eigenvalue weighted by atomic mass is 32.2. The lowest BCUT2D eigenvalue weighted by molar-refractivity contribution is -0.142. The number of nitrogens with zero attached hydrogens (tertiary/aromatic N) is 2. The first-order valence-electron chi connectivity index (χ1n) is 3.88. The molecule has 0 bridgehead atoms. The highest BCUT2D eigenvalue weighted by Crippen LogP contribution is 2.18. The van der Waals surface area contributed by atoms with Gasteiger partial charge in [0.1, 0.15) is 6.33 Å². The molecule has 1 heterocycles. The molecule has 0 N–H and O–H groups in total. The molecule has 0 spiro atoms. The normalized spacial score (nSPS) is 9.92. The Labute approximate surface area is 84.9 Å². The minimum absolute atomic E-state index is 0.153. The van der Waals surface area contributed by atoms with Crippen LogP contribution in [0.5, 0.6) is 0 Å². The number of hydrogen-bond donors (Lipinski definition) is 0. The topological polar surface area (TPSA) is 52.1 Å². The van der Waals surface area contributed by atoms with Crippen LogP contribution in [0.25, 0.3) is 0 Å². The molecular formula is C7H10N2O2S2. The van der Waals surface area contributed by atoms with Crippen LogP contribution in [0.3, 0.4) is 0 Å². The number of ether oxygens (including phenoxy) is 1. The first-order valence-corrected chi connectivity index (χ1v) is 5.64. The molecule has 0 fully saturated rings. The van der Waals surface area contributed by atoms with E-state index in [1.54, 1.807) is 6.92 Å². The summed E-state index contributed by atoms with van der Waals surface area (Å²) in [6.07, 6.45) is 1.94. The van der Waals surface area contributed by atoms with E-state index in [1.807, 2.05) is 0 Å². The molecule has 6 heteroatoms. The predicted octanol–water partition coefficient (Wildman–Crippen LogP) is 1.58. The van der Waals surface area contributed by atoms with E-state index in [-0.39, 0.29) is 5.97 Å². The molecule has 13 heavy (non-hydrogen) atoms. The lowest BCUT2D eigenvalue weighted by Crippen LogP contribution is -2.04. The predicted molar refractivity (Wildman–Crippen MR) is 51.9 cm³/mol. The van der Waals surface area contributed by atoms with Gasteiger partial charge in [-0.15, -0.1) is 0 Å². The van der Waals surface area contributed by atoms with Gasteiger partial charge in [0.05, 0.1) is 13.0 Å². The molecule has 0 unspecified atom stereocenters. The van der Waals surface area contributed by atoms with Crippen molar-refractivity contribution in [2.24, 2.45) is 0 Å². The van der Waals surface area contributed by atoms with Crippen LogP contribution in [0, 0.1) is 0 Å². The van der Waals surface area contributed by atoms with Gasteiger partial charge in [-0.1, -0.05) is 11.8 Å². The zero-order chi connectivity index (χ0) is 9.52. The lowest BCUT2D eigenvalue weighted by atomic mass is 10.5. The van der Waals surface area contributed by atoms with Gasteiger partial charge in [-0.25, -0.2) is 4.98 Å². The van der Waals surface area contributed by atoms with Crippen LogP contribution >= 0.6 is 23.3 Å². The van der Waals surface area contributed by atoms with Crippen LogP contribution in [-0.2, 0) is 9.53 Å². The maximum Gasteiger partial charge on any atom is 0.306 e. The Hall–Kier alpha value is -0.620. The highest BCUT2D eigenvalue weighted by molar-refractivity contribution is 8.00. The zero-order valence-electron chi connectivity index (χ0n) is 7.23. The number of thioether (sulfide) groups is 1. The Morgan fingerprint density at radius 1 is 1.77 bits per heavy atom. The third kappa shape index (κ3) is 4.23. The molecular weight excluding hydrogens is 208 g/mol. The molecule has 0 aliphatic carbocycles. The number of carbonyl (C=O) groups excluding carboxylic acids is 1.